The van der Waals surface area contributed by atoms with Crippen molar-refractivity contribution in [3.8, 4) is 0 Å². The molecule has 0 atom stereocenters. The largest absolute Gasteiger partial charge is 0.390 e. The molecule has 25 heavy (non-hydrogen) atoms. The average Bonchev–Trinajstić information content (AvgIpc) is 3.09. The Kier molecular flexibility index (Phi) is 4.01. The average molecular weight is 339 g/mol. The molecule has 3 aromatic rings. The van der Waals surface area contributed by atoms with Crippen molar-refractivity contribution < 1.29 is 9.90 Å². The third-order valence-electron chi connectivity index (χ3n) is 4.60. The lowest BCUT2D eigenvalue weighted by molar-refractivity contribution is -0.131. The molecule has 4 rings (SSSR count). The van der Waals surface area contributed by atoms with Gasteiger partial charge in [-0.1, -0.05) is 6.07 Å². The predicted octanol–water partition coefficient (Wildman–Crippen LogP) is 1.54. The van der Waals surface area contributed by atoms with Crippen LogP contribution in [0.2, 0.25) is 0 Å². The first-order chi connectivity index (χ1) is 12.1. The molecule has 7 heteroatoms. The van der Waals surface area contributed by atoms with Gasteiger partial charge in [0.1, 0.15) is 5.82 Å². The monoisotopic (exact) mass is 339 g/mol. The highest BCUT2D eigenvalue weighted by Gasteiger charge is 2.20. The SMILES string of the molecule is Cc1nc2ccc(CC(=O)N3CCCn4nc(CO)cc4C3)cc2[nH]1. The van der Waals surface area contributed by atoms with Gasteiger partial charge in [-0.3, -0.25) is 9.48 Å². The first kappa shape index (κ1) is 15.8. The number of aliphatic hydroxyl groups is 1. The number of aromatic amines is 1. The van der Waals surface area contributed by atoms with E-state index in [1.165, 1.54) is 0 Å². The van der Waals surface area contributed by atoms with Crippen LogP contribution in [0.15, 0.2) is 24.3 Å². The molecule has 130 valence electrons. The van der Waals surface area contributed by atoms with Crippen LogP contribution < -0.4 is 0 Å². The molecule has 0 fully saturated rings. The molecule has 0 radical (unpaired) electrons. The third kappa shape index (κ3) is 3.15. The third-order valence-corrected chi connectivity index (χ3v) is 4.60. The Hall–Kier alpha value is -2.67. The Morgan fingerprint density at radius 2 is 2.20 bits per heavy atom. The zero-order valence-electron chi connectivity index (χ0n) is 14.2. The molecule has 1 amide bonds. The number of aliphatic hydroxyl groups excluding tert-OH is 1. The summed E-state index contributed by atoms with van der Waals surface area (Å²) < 4.78 is 1.90. The lowest BCUT2D eigenvalue weighted by Gasteiger charge is -2.20. The van der Waals surface area contributed by atoms with Crippen LogP contribution in [0.3, 0.4) is 0 Å². The number of carbonyl (C=O) groups is 1. The summed E-state index contributed by atoms with van der Waals surface area (Å²) >= 11 is 0. The number of fused-ring (bicyclic) bond motifs is 2. The minimum Gasteiger partial charge on any atom is -0.390 e. The van der Waals surface area contributed by atoms with E-state index in [2.05, 4.69) is 15.1 Å². The maximum Gasteiger partial charge on any atom is 0.227 e. The van der Waals surface area contributed by atoms with Crippen molar-refractivity contribution in [3.05, 3.63) is 47.0 Å². The van der Waals surface area contributed by atoms with E-state index in [0.717, 1.165) is 47.6 Å². The fraction of sp³-hybridized carbons (Fsp3) is 0.389. The Morgan fingerprint density at radius 1 is 1.32 bits per heavy atom. The maximum absolute atomic E-state index is 12.8. The molecule has 0 aliphatic carbocycles. The Labute approximate surface area is 145 Å². The van der Waals surface area contributed by atoms with Gasteiger partial charge in [0.15, 0.2) is 0 Å². The van der Waals surface area contributed by atoms with Gasteiger partial charge in [0.25, 0.3) is 0 Å². The second-order valence-electron chi connectivity index (χ2n) is 6.53. The van der Waals surface area contributed by atoms with Gasteiger partial charge in [-0.2, -0.15) is 5.10 Å². The molecule has 0 saturated heterocycles. The van der Waals surface area contributed by atoms with Crippen molar-refractivity contribution in [2.24, 2.45) is 0 Å². The molecular weight excluding hydrogens is 318 g/mol. The molecule has 1 aliphatic rings. The Balaban J connectivity index is 1.51. The Morgan fingerprint density at radius 3 is 3.04 bits per heavy atom. The maximum atomic E-state index is 12.8. The molecule has 0 unspecified atom stereocenters. The van der Waals surface area contributed by atoms with E-state index in [9.17, 15) is 9.90 Å². The summed E-state index contributed by atoms with van der Waals surface area (Å²) in [5, 5.41) is 13.6. The van der Waals surface area contributed by atoms with Gasteiger partial charge < -0.3 is 15.0 Å². The van der Waals surface area contributed by atoms with Crippen LogP contribution in [0.1, 0.15) is 29.2 Å². The minimum atomic E-state index is -0.0719. The number of imidazole rings is 1. The second-order valence-corrected chi connectivity index (χ2v) is 6.53. The van der Waals surface area contributed by atoms with Gasteiger partial charge in [-0.15, -0.1) is 0 Å². The van der Waals surface area contributed by atoms with E-state index in [0.29, 0.717) is 18.7 Å². The lowest BCUT2D eigenvalue weighted by Crippen LogP contribution is -2.32. The number of carbonyl (C=O) groups excluding carboxylic acids is 1. The van der Waals surface area contributed by atoms with Crippen molar-refractivity contribution in [1.82, 2.24) is 24.6 Å². The van der Waals surface area contributed by atoms with Gasteiger partial charge >= 0.3 is 0 Å². The number of rotatable bonds is 3. The molecular formula is C18H21N5O2. The summed E-state index contributed by atoms with van der Waals surface area (Å²) in [7, 11) is 0. The molecule has 3 heterocycles. The van der Waals surface area contributed by atoms with Crippen molar-refractivity contribution in [3.63, 3.8) is 0 Å². The fourth-order valence-corrected chi connectivity index (χ4v) is 3.39. The minimum absolute atomic E-state index is 0.0719. The number of benzene rings is 1. The van der Waals surface area contributed by atoms with Gasteiger partial charge in [0, 0.05) is 13.1 Å². The molecule has 2 N–H and O–H groups in total. The quantitative estimate of drug-likeness (QED) is 0.758. The highest BCUT2D eigenvalue weighted by Crippen LogP contribution is 2.17. The van der Waals surface area contributed by atoms with Crippen LogP contribution in [0.5, 0.6) is 0 Å². The highest BCUT2D eigenvalue weighted by molar-refractivity contribution is 5.81. The van der Waals surface area contributed by atoms with Crippen LogP contribution >= 0.6 is 0 Å². The van der Waals surface area contributed by atoms with Crippen LogP contribution in [0.4, 0.5) is 0 Å². The molecule has 0 saturated carbocycles. The number of nitrogens with one attached hydrogen (secondary N) is 1. The number of hydrogen-bond acceptors (Lipinski definition) is 4. The lowest BCUT2D eigenvalue weighted by atomic mass is 10.1. The first-order valence-electron chi connectivity index (χ1n) is 8.52. The summed E-state index contributed by atoms with van der Waals surface area (Å²) in [4.78, 5) is 22.3. The fourth-order valence-electron chi connectivity index (χ4n) is 3.39. The van der Waals surface area contributed by atoms with Crippen LogP contribution in [0, 0.1) is 6.92 Å². The van der Waals surface area contributed by atoms with Gasteiger partial charge in [-0.05, 0) is 37.1 Å². The molecule has 0 spiro atoms. The molecule has 0 bridgehead atoms. The standard InChI is InChI=1S/C18H21N5O2/c1-12-19-16-4-3-13(7-17(16)20-12)8-18(25)22-5-2-6-23-15(10-22)9-14(11-24)21-23/h3-4,7,9,24H,2,5-6,8,10-11H2,1H3,(H,19,20). The summed E-state index contributed by atoms with van der Waals surface area (Å²) in [6.45, 7) is 3.89. The van der Waals surface area contributed by atoms with Crippen LogP contribution in [0.25, 0.3) is 11.0 Å². The van der Waals surface area contributed by atoms with Crippen LogP contribution in [-0.2, 0) is 30.9 Å². The zero-order valence-corrected chi connectivity index (χ0v) is 14.2. The number of hydrogen-bond donors (Lipinski definition) is 2. The molecule has 1 aromatic carbocycles. The number of H-pyrrole nitrogens is 1. The van der Waals surface area contributed by atoms with Crippen molar-refractivity contribution in [2.75, 3.05) is 6.54 Å². The van der Waals surface area contributed by atoms with Crippen molar-refractivity contribution >= 4 is 16.9 Å². The Bertz CT molecular complexity index is 927. The predicted molar refractivity (Wildman–Crippen MR) is 92.7 cm³/mol. The van der Waals surface area contributed by atoms with E-state index in [1.54, 1.807) is 0 Å². The second kappa shape index (κ2) is 6.33. The van der Waals surface area contributed by atoms with Gasteiger partial charge in [0.2, 0.25) is 5.91 Å². The number of aromatic nitrogens is 4. The van der Waals surface area contributed by atoms with Crippen LogP contribution in [-0.4, -0.2) is 42.2 Å². The molecule has 2 aromatic heterocycles. The van der Waals surface area contributed by atoms with Crippen molar-refractivity contribution in [2.45, 2.75) is 39.5 Å². The summed E-state index contributed by atoms with van der Waals surface area (Å²) in [6.07, 6.45) is 1.24. The molecule has 7 nitrogen and oxygen atoms in total. The topological polar surface area (TPSA) is 87.0 Å². The van der Waals surface area contributed by atoms with Crippen molar-refractivity contribution in [1.29, 1.82) is 0 Å². The van der Waals surface area contributed by atoms with Gasteiger partial charge in [0.05, 0.1) is 42.0 Å². The number of nitrogens with zero attached hydrogens (tertiary/aromatic N) is 4. The highest BCUT2D eigenvalue weighted by atomic mass is 16.3. The molecule has 1 aliphatic heterocycles. The van der Waals surface area contributed by atoms with E-state index in [4.69, 9.17) is 0 Å². The summed E-state index contributed by atoms with van der Waals surface area (Å²) in [6, 6.07) is 7.79. The van der Waals surface area contributed by atoms with E-state index < -0.39 is 0 Å². The smallest absolute Gasteiger partial charge is 0.227 e. The zero-order chi connectivity index (χ0) is 17.4. The first-order valence-corrected chi connectivity index (χ1v) is 8.52. The number of aryl methyl sites for hydroxylation is 2. The number of amides is 1. The van der Waals surface area contributed by atoms with E-state index in [1.807, 2.05) is 40.8 Å². The normalized spacial score (nSPS) is 14.6. The summed E-state index contributed by atoms with van der Waals surface area (Å²) in [5.41, 5.74) is 4.50. The summed E-state index contributed by atoms with van der Waals surface area (Å²) in [5.74, 6) is 0.981. The van der Waals surface area contributed by atoms with E-state index >= 15 is 0 Å². The van der Waals surface area contributed by atoms with Gasteiger partial charge in [-0.25, -0.2) is 4.98 Å². The van der Waals surface area contributed by atoms with E-state index in [-0.39, 0.29) is 12.5 Å².